The lowest BCUT2D eigenvalue weighted by atomic mass is 10.2. The molecule has 0 heterocycles. The van der Waals surface area contributed by atoms with E-state index in [1.165, 1.54) is 0 Å². The van der Waals surface area contributed by atoms with Crippen molar-refractivity contribution >= 4 is 15.9 Å². The molecule has 0 radical (unpaired) electrons. The van der Waals surface area contributed by atoms with Crippen molar-refractivity contribution in [3.63, 3.8) is 0 Å². The Bertz CT molecular complexity index is 539. The average molecular weight is 312 g/mol. The number of aryl methyl sites for hydroxylation is 1. The second-order valence-electron chi connectivity index (χ2n) is 5.02. The Labute approximate surface area is 127 Å². The number of hydrogen-bond donors (Lipinski definition) is 2. The quantitative estimate of drug-likeness (QED) is 0.685. The fourth-order valence-electron chi connectivity index (χ4n) is 1.81. The molecule has 0 atom stereocenters. The molecule has 0 aromatic heterocycles. The maximum Gasteiger partial charge on any atom is 0.240 e. The molecule has 0 unspecified atom stereocenters. The first-order chi connectivity index (χ1) is 9.95. The van der Waals surface area contributed by atoms with Crippen molar-refractivity contribution in [2.75, 3.05) is 13.1 Å². The van der Waals surface area contributed by atoms with Gasteiger partial charge in [-0.15, -0.1) is 0 Å². The predicted molar refractivity (Wildman–Crippen MR) is 83.5 cm³/mol. The molecule has 0 saturated heterocycles. The first-order valence-electron chi connectivity index (χ1n) is 7.28. The molecule has 118 valence electrons. The van der Waals surface area contributed by atoms with E-state index in [1.54, 1.807) is 24.3 Å². The highest BCUT2D eigenvalue weighted by molar-refractivity contribution is 7.89. The Hall–Kier alpha value is -1.40. The van der Waals surface area contributed by atoms with Gasteiger partial charge in [0.05, 0.1) is 4.90 Å². The molecular weight excluding hydrogens is 288 g/mol. The summed E-state index contributed by atoms with van der Waals surface area (Å²) in [5.74, 6) is -0.0296. The van der Waals surface area contributed by atoms with E-state index in [-0.39, 0.29) is 17.3 Å². The first kappa shape index (κ1) is 17.7. The molecular formula is C15H24N2O3S. The van der Waals surface area contributed by atoms with Crippen LogP contribution < -0.4 is 10.0 Å². The third kappa shape index (κ3) is 6.73. The fraction of sp³-hybridized carbons (Fsp3) is 0.533. The number of nitrogens with one attached hydrogen (secondary N) is 2. The van der Waals surface area contributed by atoms with E-state index in [0.717, 1.165) is 24.8 Å². The van der Waals surface area contributed by atoms with Gasteiger partial charge >= 0.3 is 0 Å². The monoisotopic (exact) mass is 312 g/mol. The molecule has 0 aliphatic rings. The smallest absolute Gasteiger partial charge is 0.240 e. The van der Waals surface area contributed by atoms with E-state index in [2.05, 4.69) is 17.0 Å². The zero-order valence-corrected chi connectivity index (χ0v) is 13.5. The fourth-order valence-corrected chi connectivity index (χ4v) is 2.84. The molecule has 0 saturated carbocycles. The van der Waals surface area contributed by atoms with Gasteiger partial charge in [0.15, 0.2) is 0 Å². The van der Waals surface area contributed by atoms with Gasteiger partial charge in [0, 0.05) is 19.5 Å². The van der Waals surface area contributed by atoms with Gasteiger partial charge in [-0.1, -0.05) is 37.5 Å². The maximum atomic E-state index is 12.0. The second kappa shape index (κ2) is 8.79. The van der Waals surface area contributed by atoms with Crippen molar-refractivity contribution in [2.45, 2.75) is 44.4 Å². The Morgan fingerprint density at radius 1 is 1.10 bits per heavy atom. The van der Waals surface area contributed by atoms with Gasteiger partial charge < -0.3 is 5.32 Å². The summed E-state index contributed by atoms with van der Waals surface area (Å²) in [6, 6.07) is 6.65. The van der Waals surface area contributed by atoms with Crippen LogP contribution in [0.1, 0.15) is 38.2 Å². The van der Waals surface area contributed by atoms with Gasteiger partial charge in [-0.05, 0) is 25.5 Å². The second-order valence-corrected chi connectivity index (χ2v) is 6.78. The summed E-state index contributed by atoms with van der Waals surface area (Å²) in [6.45, 7) is 4.47. The van der Waals surface area contributed by atoms with Crippen molar-refractivity contribution in [1.82, 2.24) is 10.0 Å². The zero-order valence-electron chi connectivity index (χ0n) is 12.7. The summed E-state index contributed by atoms with van der Waals surface area (Å²) in [7, 11) is -3.50. The number of carbonyl (C=O) groups excluding carboxylic acids is 1. The normalized spacial score (nSPS) is 11.3. The van der Waals surface area contributed by atoms with E-state index in [4.69, 9.17) is 0 Å². The van der Waals surface area contributed by atoms with Crippen molar-refractivity contribution < 1.29 is 13.2 Å². The van der Waals surface area contributed by atoms with E-state index < -0.39 is 10.0 Å². The SMILES string of the molecule is CCCCCC(=O)NCCNS(=O)(=O)c1ccc(C)cc1. The molecule has 1 rings (SSSR count). The lowest BCUT2D eigenvalue weighted by Gasteiger charge is -2.08. The summed E-state index contributed by atoms with van der Waals surface area (Å²) in [4.78, 5) is 11.7. The molecule has 0 bridgehead atoms. The maximum absolute atomic E-state index is 12.0. The minimum atomic E-state index is -3.50. The Morgan fingerprint density at radius 2 is 1.76 bits per heavy atom. The van der Waals surface area contributed by atoms with Crippen molar-refractivity contribution in [1.29, 1.82) is 0 Å². The van der Waals surface area contributed by atoms with Crippen LogP contribution in [0.2, 0.25) is 0 Å². The number of hydrogen-bond acceptors (Lipinski definition) is 3. The van der Waals surface area contributed by atoms with E-state index in [1.807, 2.05) is 6.92 Å². The van der Waals surface area contributed by atoms with Crippen LogP contribution in [0, 0.1) is 6.92 Å². The lowest BCUT2D eigenvalue weighted by Crippen LogP contribution is -2.34. The highest BCUT2D eigenvalue weighted by atomic mass is 32.2. The van der Waals surface area contributed by atoms with Crippen LogP contribution in [0.15, 0.2) is 29.2 Å². The highest BCUT2D eigenvalue weighted by Crippen LogP contribution is 2.09. The number of benzene rings is 1. The molecule has 1 aromatic rings. The van der Waals surface area contributed by atoms with Gasteiger partial charge in [0.1, 0.15) is 0 Å². The number of amides is 1. The summed E-state index contributed by atoms with van der Waals surface area (Å²) in [5.41, 5.74) is 1.01. The molecule has 0 aliphatic carbocycles. The molecule has 0 aliphatic heterocycles. The van der Waals surface area contributed by atoms with Crippen molar-refractivity contribution in [3.05, 3.63) is 29.8 Å². The Balaban J connectivity index is 2.31. The number of sulfonamides is 1. The summed E-state index contributed by atoms with van der Waals surface area (Å²) in [6.07, 6.45) is 3.48. The van der Waals surface area contributed by atoms with Crippen LogP contribution in [0.25, 0.3) is 0 Å². The van der Waals surface area contributed by atoms with Crippen LogP contribution in [-0.4, -0.2) is 27.4 Å². The van der Waals surface area contributed by atoms with Crippen LogP contribution in [0.5, 0.6) is 0 Å². The molecule has 2 N–H and O–H groups in total. The minimum absolute atomic E-state index is 0.0296. The third-order valence-electron chi connectivity index (χ3n) is 3.08. The summed E-state index contributed by atoms with van der Waals surface area (Å²) >= 11 is 0. The van der Waals surface area contributed by atoms with Crippen LogP contribution in [0.4, 0.5) is 0 Å². The van der Waals surface area contributed by atoms with Crippen LogP contribution in [-0.2, 0) is 14.8 Å². The van der Waals surface area contributed by atoms with Gasteiger partial charge in [0.25, 0.3) is 0 Å². The topological polar surface area (TPSA) is 75.3 Å². The molecule has 6 heteroatoms. The van der Waals surface area contributed by atoms with Crippen molar-refractivity contribution in [2.24, 2.45) is 0 Å². The van der Waals surface area contributed by atoms with E-state index >= 15 is 0 Å². The van der Waals surface area contributed by atoms with Gasteiger partial charge in [0.2, 0.25) is 15.9 Å². The molecule has 5 nitrogen and oxygen atoms in total. The largest absolute Gasteiger partial charge is 0.355 e. The Kier molecular flexibility index (Phi) is 7.39. The van der Waals surface area contributed by atoms with Gasteiger partial charge in [-0.2, -0.15) is 0 Å². The van der Waals surface area contributed by atoms with Crippen LogP contribution >= 0.6 is 0 Å². The summed E-state index contributed by atoms with van der Waals surface area (Å²) < 4.78 is 26.4. The van der Waals surface area contributed by atoms with Gasteiger partial charge in [-0.3, -0.25) is 4.79 Å². The Morgan fingerprint density at radius 3 is 2.38 bits per heavy atom. The molecule has 0 spiro atoms. The zero-order chi connectivity index (χ0) is 15.7. The molecule has 1 amide bonds. The standard InChI is InChI=1S/C15H24N2O3S/c1-3-4-5-6-15(18)16-11-12-17-21(19,20)14-9-7-13(2)8-10-14/h7-10,17H,3-6,11-12H2,1-2H3,(H,16,18). The minimum Gasteiger partial charge on any atom is -0.355 e. The van der Waals surface area contributed by atoms with E-state index in [9.17, 15) is 13.2 Å². The number of rotatable bonds is 9. The first-order valence-corrected chi connectivity index (χ1v) is 8.77. The highest BCUT2D eigenvalue weighted by Gasteiger charge is 2.12. The van der Waals surface area contributed by atoms with Crippen molar-refractivity contribution in [3.8, 4) is 0 Å². The number of carbonyl (C=O) groups is 1. The average Bonchev–Trinajstić information content (AvgIpc) is 2.44. The molecule has 21 heavy (non-hydrogen) atoms. The molecule has 1 aromatic carbocycles. The third-order valence-corrected chi connectivity index (χ3v) is 4.55. The number of unbranched alkanes of at least 4 members (excludes halogenated alkanes) is 2. The van der Waals surface area contributed by atoms with E-state index in [0.29, 0.717) is 13.0 Å². The summed E-state index contributed by atoms with van der Waals surface area (Å²) in [5, 5.41) is 2.71. The van der Waals surface area contributed by atoms with Gasteiger partial charge in [-0.25, -0.2) is 13.1 Å². The predicted octanol–water partition coefficient (Wildman–Crippen LogP) is 1.97. The molecule has 0 fully saturated rings. The lowest BCUT2D eigenvalue weighted by molar-refractivity contribution is -0.121. The van der Waals surface area contributed by atoms with Crippen LogP contribution in [0.3, 0.4) is 0 Å².